The lowest BCUT2D eigenvalue weighted by Crippen LogP contribution is -2.38. The summed E-state index contributed by atoms with van der Waals surface area (Å²) in [6.45, 7) is 3.30. The zero-order chi connectivity index (χ0) is 17.9. The lowest BCUT2D eigenvalue weighted by Gasteiger charge is -2.24. The number of carbonyl (C=O) groups is 1. The molecule has 0 aliphatic heterocycles. The Morgan fingerprint density at radius 1 is 1.08 bits per heavy atom. The van der Waals surface area contributed by atoms with E-state index in [9.17, 15) is 9.90 Å². The number of benzene rings is 2. The predicted octanol–water partition coefficient (Wildman–Crippen LogP) is 2.49. The highest BCUT2D eigenvalue weighted by molar-refractivity contribution is 5.71. The number of hydrogen-bond donors (Lipinski definition) is 1. The largest absolute Gasteiger partial charge is 0.491 e. The molecule has 1 N–H and O–H groups in total. The van der Waals surface area contributed by atoms with Crippen LogP contribution in [-0.4, -0.2) is 48.4 Å². The maximum atomic E-state index is 11.8. The van der Waals surface area contributed by atoms with Crippen LogP contribution in [0.5, 0.6) is 5.75 Å². The van der Waals surface area contributed by atoms with E-state index in [0.29, 0.717) is 25.4 Å². The molecule has 5 nitrogen and oxygen atoms in total. The van der Waals surface area contributed by atoms with Gasteiger partial charge in [-0.1, -0.05) is 48.5 Å². The van der Waals surface area contributed by atoms with Crippen LogP contribution < -0.4 is 4.74 Å². The van der Waals surface area contributed by atoms with Crippen molar-refractivity contribution < 1.29 is 19.4 Å². The second-order valence-electron chi connectivity index (χ2n) is 5.74. The van der Waals surface area contributed by atoms with Crippen LogP contribution in [0.2, 0.25) is 0 Å². The molecule has 2 aromatic carbocycles. The molecular weight excluding hydrogens is 318 g/mol. The smallest absolute Gasteiger partial charge is 0.320 e. The molecule has 0 aliphatic rings. The van der Waals surface area contributed by atoms with Crippen molar-refractivity contribution in [2.75, 3.05) is 26.3 Å². The first-order valence-corrected chi connectivity index (χ1v) is 8.45. The summed E-state index contributed by atoms with van der Waals surface area (Å²) in [5.74, 6) is 0.413. The number of ether oxygens (including phenoxy) is 2. The topological polar surface area (TPSA) is 59.0 Å². The van der Waals surface area contributed by atoms with E-state index < -0.39 is 6.10 Å². The average molecular weight is 343 g/mol. The fraction of sp³-hybridized carbons (Fsp3) is 0.350. The summed E-state index contributed by atoms with van der Waals surface area (Å²) < 4.78 is 10.6. The molecule has 0 aromatic heterocycles. The summed E-state index contributed by atoms with van der Waals surface area (Å²) in [6, 6.07) is 19.2. The zero-order valence-electron chi connectivity index (χ0n) is 14.5. The fourth-order valence-electron chi connectivity index (χ4n) is 2.48. The quantitative estimate of drug-likeness (QED) is 0.672. The normalized spacial score (nSPS) is 12.0. The minimum atomic E-state index is -0.710. The van der Waals surface area contributed by atoms with Gasteiger partial charge in [-0.15, -0.1) is 0 Å². The highest BCUT2D eigenvalue weighted by Crippen LogP contribution is 2.10. The molecule has 5 heteroatoms. The molecule has 0 bridgehead atoms. The Labute approximate surface area is 148 Å². The van der Waals surface area contributed by atoms with E-state index in [1.165, 1.54) is 0 Å². The molecule has 2 rings (SSSR count). The van der Waals surface area contributed by atoms with Crippen LogP contribution in [0.1, 0.15) is 12.5 Å². The number of aliphatic hydroxyl groups excluding tert-OH is 1. The summed E-state index contributed by atoms with van der Waals surface area (Å²) in [6.07, 6.45) is -0.710. The summed E-state index contributed by atoms with van der Waals surface area (Å²) in [5.41, 5.74) is 1.07. The Morgan fingerprint density at radius 2 is 1.72 bits per heavy atom. The van der Waals surface area contributed by atoms with Gasteiger partial charge in [0, 0.05) is 13.1 Å². The third-order valence-corrected chi connectivity index (χ3v) is 3.56. The van der Waals surface area contributed by atoms with Crippen LogP contribution in [0.15, 0.2) is 60.7 Å². The van der Waals surface area contributed by atoms with Crippen LogP contribution in [-0.2, 0) is 16.1 Å². The molecule has 25 heavy (non-hydrogen) atoms. The second-order valence-corrected chi connectivity index (χ2v) is 5.74. The molecule has 0 aliphatic carbocycles. The van der Waals surface area contributed by atoms with Crippen LogP contribution in [0.4, 0.5) is 0 Å². The highest BCUT2D eigenvalue weighted by atomic mass is 16.5. The number of para-hydroxylation sites is 1. The van der Waals surface area contributed by atoms with E-state index in [1.54, 1.807) is 6.92 Å². The minimum Gasteiger partial charge on any atom is -0.491 e. The van der Waals surface area contributed by atoms with E-state index in [0.717, 1.165) is 5.56 Å². The fourth-order valence-corrected chi connectivity index (χ4v) is 2.48. The van der Waals surface area contributed by atoms with Gasteiger partial charge in [0.1, 0.15) is 18.5 Å². The monoisotopic (exact) mass is 343 g/mol. The van der Waals surface area contributed by atoms with Crippen molar-refractivity contribution in [3.63, 3.8) is 0 Å². The van der Waals surface area contributed by atoms with Crippen molar-refractivity contribution >= 4 is 5.97 Å². The van der Waals surface area contributed by atoms with Gasteiger partial charge in [0.15, 0.2) is 0 Å². The highest BCUT2D eigenvalue weighted by Gasteiger charge is 2.17. The lowest BCUT2D eigenvalue weighted by atomic mass is 10.2. The average Bonchev–Trinajstić information content (AvgIpc) is 2.62. The summed E-state index contributed by atoms with van der Waals surface area (Å²) >= 11 is 0. The maximum absolute atomic E-state index is 11.8. The van der Waals surface area contributed by atoms with Crippen LogP contribution in [0, 0.1) is 0 Å². The predicted molar refractivity (Wildman–Crippen MR) is 96.3 cm³/mol. The minimum absolute atomic E-state index is 0.130. The SMILES string of the molecule is CCOC(=O)CN(Cc1ccccc1)CC(O)COc1ccccc1. The number of carbonyl (C=O) groups excluding carboxylic acids is 1. The van der Waals surface area contributed by atoms with Crippen molar-refractivity contribution in [2.45, 2.75) is 19.6 Å². The number of rotatable bonds is 10. The van der Waals surface area contributed by atoms with Gasteiger partial charge in [-0.05, 0) is 24.6 Å². The van der Waals surface area contributed by atoms with Gasteiger partial charge in [0.05, 0.1) is 13.2 Å². The molecule has 1 atom stereocenters. The van der Waals surface area contributed by atoms with Gasteiger partial charge in [0.25, 0.3) is 0 Å². The molecule has 0 fully saturated rings. The van der Waals surface area contributed by atoms with Gasteiger partial charge in [-0.2, -0.15) is 0 Å². The molecule has 0 saturated carbocycles. The number of esters is 1. The molecule has 134 valence electrons. The van der Waals surface area contributed by atoms with Crippen molar-refractivity contribution in [1.29, 1.82) is 0 Å². The number of aliphatic hydroxyl groups is 1. The Balaban J connectivity index is 1.90. The van der Waals surface area contributed by atoms with Gasteiger partial charge >= 0.3 is 5.97 Å². The Morgan fingerprint density at radius 3 is 2.36 bits per heavy atom. The van der Waals surface area contributed by atoms with Gasteiger partial charge < -0.3 is 14.6 Å². The summed E-state index contributed by atoms with van der Waals surface area (Å²) in [4.78, 5) is 13.7. The molecule has 0 amide bonds. The van der Waals surface area contributed by atoms with E-state index in [2.05, 4.69) is 0 Å². The van der Waals surface area contributed by atoms with Gasteiger partial charge in [-0.25, -0.2) is 0 Å². The van der Waals surface area contributed by atoms with Gasteiger partial charge in [0.2, 0.25) is 0 Å². The van der Waals surface area contributed by atoms with E-state index in [1.807, 2.05) is 65.6 Å². The molecule has 0 heterocycles. The zero-order valence-corrected chi connectivity index (χ0v) is 14.5. The standard InChI is InChI=1S/C20H25NO4/c1-2-24-20(23)15-21(13-17-9-5-3-6-10-17)14-18(22)16-25-19-11-7-4-8-12-19/h3-12,18,22H,2,13-16H2,1H3. The van der Waals surface area contributed by atoms with E-state index in [-0.39, 0.29) is 19.1 Å². The molecule has 0 saturated heterocycles. The summed E-state index contributed by atoms with van der Waals surface area (Å²) in [5, 5.41) is 10.3. The number of nitrogens with zero attached hydrogens (tertiary/aromatic N) is 1. The first kappa shape index (κ1) is 19.0. The Bertz CT molecular complexity index is 618. The maximum Gasteiger partial charge on any atom is 0.320 e. The molecule has 0 spiro atoms. The Kier molecular flexibility index (Phi) is 7.95. The molecular formula is C20H25NO4. The van der Waals surface area contributed by atoms with Crippen LogP contribution in [0.3, 0.4) is 0 Å². The molecule has 2 aromatic rings. The number of hydrogen-bond acceptors (Lipinski definition) is 5. The lowest BCUT2D eigenvalue weighted by molar-refractivity contribution is -0.144. The van der Waals surface area contributed by atoms with Crippen molar-refractivity contribution in [3.8, 4) is 5.75 Å². The van der Waals surface area contributed by atoms with Crippen molar-refractivity contribution in [2.24, 2.45) is 0 Å². The first-order valence-electron chi connectivity index (χ1n) is 8.45. The molecule has 0 radical (unpaired) electrons. The third kappa shape index (κ3) is 7.37. The summed E-state index contributed by atoms with van der Waals surface area (Å²) in [7, 11) is 0. The van der Waals surface area contributed by atoms with Crippen molar-refractivity contribution in [3.05, 3.63) is 66.2 Å². The van der Waals surface area contributed by atoms with E-state index in [4.69, 9.17) is 9.47 Å². The molecule has 1 unspecified atom stereocenters. The van der Waals surface area contributed by atoms with Gasteiger partial charge in [-0.3, -0.25) is 9.69 Å². The van der Waals surface area contributed by atoms with Crippen molar-refractivity contribution in [1.82, 2.24) is 4.90 Å². The van der Waals surface area contributed by atoms with Crippen LogP contribution >= 0.6 is 0 Å². The first-order chi connectivity index (χ1) is 12.2. The van der Waals surface area contributed by atoms with E-state index >= 15 is 0 Å². The second kappa shape index (κ2) is 10.5. The third-order valence-electron chi connectivity index (χ3n) is 3.56. The Hall–Kier alpha value is -2.37. The van der Waals surface area contributed by atoms with Crippen LogP contribution in [0.25, 0.3) is 0 Å².